The largest absolute Gasteiger partial charge is 0.465 e. The zero-order valence-corrected chi connectivity index (χ0v) is 12.8. The number of rotatable bonds is 7. The van der Waals surface area contributed by atoms with Gasteiger partial charge < -0.3 is 9.84 Å². The SMILES string of the molecule is CCOC(=O)CN(Cc1ccccc1)CC1(O)CCCC1. The molecule has 1 fully saturated rings. The number of carbonyl (C=O) groups is 1. The van der Waals surface area contributed by atoms with E-state index in [1.807, 2.05) is 42.2 Å². The molecule has 0 aromatic heterocycles. The number of carbonyl (C=O) groups excluding carboxylic acids is 1. The van der Waals surface area contributed by atoms with E-state index in [1.54, 1.807) is 0 Å². The van der Waals surface area contributed by atoms with Crippen LogP contribution in [-0.2, 0) is 16.1 Å². The highest BCUT2D eigenvalue weighted by atomic mass is 16.5. The minimum absolute atomic E-state index is 0.227. The normalized spacial score (nSPS) is 17.1. The Kier molecular flexibility index (Phi) is 5.76. The number of nitrogens with zero attached hydrogens (tertiary/aromatic N) is 1. The maximum absolute atomic E-state index is 11.8. The fourth-order valence-corrected chi connectivity index (χ4v) is 3.01. The second kappa shape index (κ2) is 7.57. The Morgan fingerprint density at radius 2 is 1.95 bits per heavy atom. The topological polar surface area (TPSA) is 49.8 Å². The Morgan fingerprint density at radius 1 is 1.29 bits per heavy atom. The summed E-state index contributed by atoms with van der Waals surface area (Å²) in [5.74, 6) is -0.227. The third kappa shape index (κ3) is 5.14. The molecule has 0 aliphatic heterocycles. The van der Waals surface area contributed by atoms with Crippen LogP contribution in [0.1, 0.15) is 38.2 Å². The molecule has 4 nitrogen and oxygen atoms in total. The summed E-state index contributed by atoms with van der Waals surface area (Å²) in [6, 6.07) is 10.0. The Morgan fingerprint density at radius 3 is 2.57 bits per heavy atom. The molecular weight excluding hydrogens is 266 g/mol. The highest BCUT2D eigenvalue weighted by Gasteiger charge is 2.33. The van der Waals surface area contributed by atoms with Crippen LogP contribution in [0, 0.1) is 0 Å². The van der Waals surface area contributed by atoms with Gasteiger partial charge in [-0.25, -0.2) is 0 Å². The molecule has 116 valence electrons. The number of hydrogen-bond donors (Lipinski definition) is 1. The monoisotopic (exact) mass is 291 g/mol. The van der Waals surface area contributed by atoms with Crippen LogP contribution in [0.5, 0.6) is 0 Å². The van der Waals surface area contributed by atoms with Crippen molar-refractivity contribution in [1.29, 1.82) is 0 Å². The molecular formula is C17H25NO3. The van der Waals surface area contributed by atoms with Crippen molar-refractivity contribution >= 4 is 5.97 Å². The van der Waals surface area contributed by atoms with E-state index in [-0.39, 0.29) is 12.5 Å². The second-order valence-corrected chi connectivity index (χ2v) is 5.87. The van der Waals surface area contributed by atoms with Gasteiger partial charge >= 0.3 is 5.97 Å². The fourth-order valence-electron chi connectivity index (χ4n) is 3.01. The van der Waals surface area contributed by atoms with Gasteiger partial charge in [0, 0.05) is 13.1 Å². The summed E-state index contributed by atoms with van der Waals surface area (Å²) in [4.78, 5) is 13.8. The highest BCUT2D eigenvalue weighted by Crippen LogP contribution is 2.30. The van der Waals surface area contributed by atoms with Gasteiger partial charge in [-0.15, -0.1) is 0 Å². The zero-order chi connectivity index (χ0) is 15.1. The first kappa shape index (κ1) is 16.0. The van der Waals surface area contributed by atoms with E-state index in [1.165, 1.54) is 0 Å². The van der Waals surface area contributed by atoms with Gasteiger partial charge in [-0.1, -0.05) is 43.2 Å². The predicted molar refractivity (Wildman–Crippen MR) is 81.8 cm³/mol. The van der Waals surface area contributed by atoms with Gasteiger partial charge in [0.1, 0.15) is 0 Å². The van der Waals surface area contributed by atoms with E-state index < -0.39 is 5.60 Å². The van der Waals surface area contributed by atoms with Gasteiger partial charge in [0.05, 0.1) is 18.8 Å². The lowest BCUT2D eigenvalue weighted by Gasteiger charge is -2.30. The van der Waals surface area contributed by atoms with Crippen molar-refractivity contribution in [3.05, 3.63) is 35.9 Å². The zero-order valence-electron chi connectivity index (χ0n) is 12.8. The molecule has 1 aromatic carbocycles. The first-order chi connectivity index (χ1) is 10.1. The molecule has 0 heterocycles. The number of ether oxygens (including phenoxy) is 1. The van der Waals surface area contributed by atoms with Gasteiger partial charge in [-0.2, -0.15) is 0 Å². The Bertz CT molecular complexity index is 441. The lowest BCUT2D eigenvalue weighted by atomic mass is 10.0. The maximum Gasteiger partial charge on any atom is 0.320 e. The lowest BCUT2D eigenvalue weighted by Crippen LogP contribution is -2.43. The Hall–Kier alpha value is -1.39. The fraction of sp³-hybridized carbons (Fsp3) is 0.588. The van der Waals surface area contributed by atoms with E-state index >= 15 is 0 Å². The molecule has 4 heteroatoms. The summed E-state index contributed by atoms with van der Waals surface area (Å²) >= 11 is 0. The van der Waals surface area contributed by atoms with E-state index in [0.717, 1.165) is 31.2 Å². The molecule has 0 saturated heterocycles. The number of esters is 1. The van der Waals surface area contributed by atoms with Crippen molar-refractivity contribution in [2.24, 2.45) is 0 Å². The average Bonchev–Trinajstić information content (AvgIpc) is 2.86. The van der Waals surface area contributed by atoms with Crippen molar-refractivity contribution in [2.45, 2.75) is 44.8 Å². The van der Waals surface area contributed by atoms with Crippen LogP contribution in [0.4, 0.5) is 0 Å². The third-order valence-electron chi connectivity index (χ3n) is 3.96. The number of hydrogen-bond acceptors (Lipinski definition) is 4. The summed E-state index contributed by atoms with van der Waals surface area (Å²) in [7, 11) is 0. The number of aliphatic hydroxyl groups is 1. The van der Waals surface area contributed by atoms with Crippen LogP contribution >= 0.6 is 0 Å². The van der Waals surface area contributed by atoms with Gasteiger partial charge in [0.2, 0.25) is 0 Å². The van der Waals surface area contributed by atoms with Crippen LogP contribution in [0.15, 0.2) is 30.3 Å². The van der Waals surface area contributed by atoms with Gasteiger partial charge in [0.15, 0.2) is 0 Å². The smallest absolute Gasteiger partial charge is 0.320 e. The molecule has 0 unspecified atom stereocenters. The maximum atomic E-state index is 11.8. The van der Waals surface area contributed by atoms with Crippen LogP contribution in [0.25, 0.3) is 0 Å². The molecule has 1 saturated carbocycles. The summed E-state index contributed by atoms with van der Waals surface area (Å²) in [5.41, 5.74) is 0.491. The van der Waals surface area contributed by atoms with Crippen LogP contribution in [-0.4, -0.2) is 41.3 Å². The molecule has 0 radical (unpaired) electrons. The molecule has 0 atom stereocenters. The molecule has 1 aromatic rings. The predicted octanol–water partition coefficient (Wildman–Crippen LogP) is 2.36. The minimum Gasteiger partial charge on any atom is -0.465 e. The summed E-state index contributed by atoms with van der Waals surface area (Å²) in [6.45, 7) is 3.61. The number of benzene rings is 1. The molecule has 1 N–H and O–H groups in total. The molecule has 1 aliphatic rings. The van der Waals surface area contributed by atoms with Crippen molar-refractivity contribution in [2.75, 3.05) is 19.7 Å². The van der Waals surface area contributed by atoms with Gasteiger partial charge in [0.25, 0.3) is 0 Å². The van der Waals surface area contributed by atoms with Crippen molar-refractivity contribution < 1.29 is 14.6 Å². The van der Waals surface area contributed by atoms with Crippen LogP contribution in [0.2, 0.25) is 0 Å². The van der Waals surface area contributed by atoms with Crippen molar-refractivity contribution in [3.63, 3.8) is 0 Å². The molecule has 0 bridgehead atoms. The van der Waals surface area contributed by atoms with E-state index in [2.05, 4.69) is 0 Å². The lowest BCUT2D eigenvalue weighted by molar-refractivity contribution is -0.145. The molecule has 1 aliphatic carbocycles. The Labute approximate surface area is 126 Å². The first-order valence-corrected chi connectivity index (χ1v) is 7.75. The molecule has 2 rings (SSSR count). The average molecular weight is 291 g/mol. The Balaban J connectivity index is 2.00. The highest BCUT2D eigenvalue weighted by molar-refractivity contribution is 5.71. The first-order valence-electron chi connectivity index (χ1n) is 7.75. The van der Waals surface area contributed by atoms with E-state index in [0.29, 0.717) is 19.7 Å². The van der Waals surface area contributed by atoms with Crippen LogP contribution < -0.4 is 0 Å². The van der Waals surface area contributed by atoms with Gasteiger partial charge in [-0.3, -0.25) is 9.69 Å². The second-order valence-electron chi connectivity index (χ2n) is 5.87. The van der Waals surface area contributed by atoms with E-state index in [4.69, 9.17) is 4.74 Å². The molecule has 0 spiro atoms. The summed E-state index contributed by atoms with van der Waals surface area (Å²) < 4.78 is 5.05. The summed E-state index contributed by atoms with van der Waals surface area (Å²) in [6.07, 6.45) is 3.77. The van der Waals surface area contributed by atoms with Crippen molar-refractivity contribution in [1.82, 2.24) is 4.90 Å². The third-order valence-corrected chi connectivity index (χ3v) is 3.96. The van der Waals surface area contributed by atoms with Gasteiger partial charge in [-0.05, 0) is 25.3 Å². The summed E-state index contributed by atoms with van der Waals surface area (Å²) in [5, 5.41) is 10.6. The van der Waals surface area contributed by atoms with E-state index in [9.17, 15) is 9.90 Å². The molecule has 21 heavy (non-hydrogen) atoms. The standard InChI is InChI=1S/C17H25NO3/c1-2-21-16(19)13-18(12-15-8-4-3-5-9-15)14-17(20)10-6-7-11-17/h3-5,8-9,20H,2,6-7,10-14H2,1H3. The van der Waals surface area contributed by atoms with Crippen LogP contribution in [0.3, 0.4) is 0 Å². The molecule has 0 amide bonds. The quantitative estimate of drug-likeness (QED) is 0.784. The van der Waals surface area contributed by atoms with Crippen molar-refractivity contribution in [3.8, 4) is 0 Å². The minimum atomic E-state index is -0.652.